The van der Waals surface area contributed by atoms with E-state index in [0.717, 1.165) is 16.5 Å². The monoisotopic (exact) mass is 361 g/mol. The van der Waals surface area contributed by atoms with Gasteiger partial charge in [-0.15, -0.1) is 0 Å². The van der Waals surface area contributed by atoms with Crippen LogP contribution in [0.2, 0.25) is 5.02 Å². The third-order valence-electron chi connectivity index (χ3n) is 3.98. The Morgan fingerprint density at radius 1 is 1.32 bits per heavy atom. The molecule has 0 aliphatic heterocycles. The maximum atomic E-state index is 13.4. The Balaban J connectivity index is 1.93. The number of aromatic nitrogens is 1. The summed E-state index contributed by atoms with van der Waals surface area (Å²) in [7, 11) is 0. The number of fused-ring (bicyclic) bond motifs is 1. The number of rotatable bonds is 6. The molecule has 0 bridgehead atoms. The van der Waals surface area contributed by atoms with Gasteiger partial charge < -0.3 is 14.8 Å². The Bertz CT molecular complexity index is 936. The highest BCUT2D eigenvalue weighted by Crippen LogP contribution is 2.28. The van der Waals surface area contributed by atoms with E-state index in [2.05, 4.69) is 4.98 Å². The lowest BCUT2D eigenvalue weighted by Crippen LogP contribution is -2.08. The fourth-order valence-electron chi connectivity index (χ4n) is 2.83. The van der Waals surface area contributed by atoms with Crippen molar-refractivity contribution in [3.63, 3.8) is 0 Å². The van der Waals surface area contributed by atoms with Crippen molar-refractivity contribution in [2.45, 2.75) is 13.3 Å². The lowest BCUT2D eigenvalue weighted by Gasteiger charge is -2.10. The van der Waals surface area contributed by atoms with Crippen molar-refractivity contribution in [3.8, 4) is 5.75 Å². The molecule has 3 aromatic rings. The van der Waals surface area contributed by atoms with Crippen LogP contribution in [0.4, 0.5) is 4.39 Å². The minimum absolute atomic E-state index is 0.0343. The summed E-state index contributed by atoms with van der Waals surface area (Å²) in [6.07, 6.45) is 1.72. The van der Waals surface area contributed by atoms with Gasteiger partial charge >= 0.3 is 0 Å². The van der Waals surface area contributed by atoms with Gasteiger partial charge in [-0.2, -0.15) is 0 Å². The molecule has 1 heterocycles. The van der Waals surface area contributed by atoms with Crippen LogP contribution in [0, 0.1) is 12.7 Å². The fourth-order valence-corrected chi connectivity index (χ4v) is 3.11. The molecule has 0 amide bonds. The summed E-state index contributed by atoms with van der Waals surface area (Å²) in [6.45, 7) is 1.76. The van der Waals surface area contributed by atoms with Crippen molar-refractivity contribution in [3.05, 3.63) is 64.1 Å². The number of ether oxygens (including phenoxy) is 1. The summed E-state index contributed by atoms with van der Waals surface area (Å²) in [5.74, 6) is -0.330. The minimum atomic E-state index is -0.460. The number of carbonyl (C=O) groups is 1. The molecule has 25 heavy (non-hydrogen) atoms. The highest BCUT2D eigenvalue weighted by atomic mass is 35.5. The predicted molar refractivity (Wildman–Crippen MR) is 95.1 cm³/mol. The third-order valence-corrected chi connectivity index (χ3v) is 4.20. The lowest BCUT2D eigenvalue weighted by molar-refractivity contribution is 0.0993. The SMILES string of the molecule is Cc1cc(Cl)cc2c(C(=O)Cc3ccc(F)cc3OCCO)c[nH]c12. The predicted octanol–water partition coefficient (Wildman–Crippen LogP) is 4.07. The Hall–Kier alpha value is -2.37. The van der Waals surface area contributed by atoms with E-state index < -0.39 is 5.82 Å². The van der Waals surface area contributed by atoms with E-state index in [1.807, 2.05) is 13.0 Å². The van der Waals surface area contributed by atoms with E-state index in [4.69, 9.17) is 21.4 Å². The number of carbonyl (C=O) groups excluding carboxylic acids is 1. The Kier molecular flexibility index (Phi) is 5.06. The zero-order valence-electron chi connectivity index (χ0n) is 13.6. The third kappa shape index (κ3) is 3.67. The Morgan fingerprint density at radius 3 is 2.88 bits per heavy atom. The molecule has 2 aromatic carbocycles. The Morgan fingerprint density at radius 2 is 2.12 bits per heavy atom. The number of hydrogen-bond donors (Lipinski definition) is 2. The fraction of sp³-hybridized carbons (Fsp3) is 0.211. The number of halogens is 2. The second kappa shape index (κ2) is 7.25. The first kappa shape index (κ1) is 17.5. The van der Waals surface area contributed by atoms with Crippen molar-refractivity contribution in [1.82, 2.24) is 4.98 Å². The molecule has 0 unspecified atom stereocenters. The van der Waals surface area contributed by atoms with E-state index in [1.165, 1.54) is 18.2 Å². The summed E-state index contributed by atoms with van der Waals surface area (Å²) >= 11 is 6.11. The van der Waals surface area contributed by atoms with Gasteiger partial charge in [0.25, 0.3) is 0 Å². The summed E-state index contributed by atoms with van der Waals surface area (Å²) in [6, 6.07) is 7.60. The number of ketones is 1. The van der Waals surface area contributed by atoms with Crippen molar-refractivity contribution < 1.29 is 19.0 Å². The molecule has 1 aromatic heterocycles. The first-order chi connectivity index (χ1) is 12.0. The second-order valence-electron chi connectivity index (χ2n) is 5.77. The van der Waals surface area contributed by atoms with Crippen LogP contribution in [0.1, 0.15) is 21.5 Å². The van der Waals surface area contributed by atoms with Gasteiger partial charge in [0.15, 0.2) is 5.78 Å². The largest absolute Gasteiger partial charge is 0.491 e. The number of aliphatic hydroxyl groups excluding tert-OH is 1. The summed E-state index contributed by atoms with van der Waals surface area (Å²) < 4.78 is 18.8. The summed E-state index contributed by atoms with van der Waals surface area (Å²) in [5, 5.41) is 10.2. The van der Waals surface area contributed by atoms with Crippen LogP contribution in [0.5, 0.6) is 5.75 Å². The van der Waals surface area contributed by atoms with Gasteiger partial charge in [-0.3, -0.25) is 4.79 Å². The molecule has 2 N–H and O–H groups in total. The smallest absolute Gasteiger partial charge is 0.169 e. The molecule has 0 radical (unpaired) electrons. The van der Waals surface area contributed by atoms with Crippen LogP contribution in [0.3, 0.4) is 0 Å². The lowest BCUT2D eigenvalue weighted by atomic mass is 10.0. The van der Waals surface area contributed by atoms with E-state index in [-0.39, 0.29) is 31.2 Å². The van der Waals surface area contributed by atoms with Crippen LogP contribution in [-0.4, -0.2) is 29.1 Å². The van der Waals surface area contributed by atoms with Gasteiger partial charge in [0.05, 0.1) is 6.61 Å². The average Bonchev–Trinajstić information content (AvgIpc) is 2.99. The summed E-state index contributed by atoms with van der Waals surface area (Å²) in [5.41, 5.74) is 2.91. The van der Waals surface area contributed by atoms with Crippen molar-refractivity contribution in [2.24, 2.45) is 0 Å². The number of nitrogens with one attached hydrogen (secondary N) is 1. The zero-order valence-corrected chi connectivity index (χ0v) is 14.4. The van der Waals surface area contributed by atoms with Crippen LogP contribution in [0.15, 0.2) is 36.5 Å². The van der Waals surface area contributed by atoms with Gasteiger partial charge in [0.1, 0.15) is 18.2 Å². The van der Waals surface area contributed by atoms with Gasteiger partial charge in [-0.1, -0.05) is 17.7 Å². The van der Waals surface area contributed by atoms with Gasteiger partial charge in [0.2, 0.25) is 0 Å². The molecule has 0 aliphatic carbocycles. The van der Waals surface area contributed by atoms with Crippen LogP contribution in [-0.2, 0) is 6.42 Å². The molecule has 130 valence electrons. The standard InChI is InChI=1S/C19H17ClFNO3/c1-11-6-13(20)8-15-16(10-22-19(11)15)17(24)7-12-2-3-14(21)9-18(12)25-5-4-23/h2-3,6,8-10,22-23H,4-5,7H2,1H3. The molecule has 6 heteroatoms. The normalized spacial score (nSPS) is 11.0. The van der Waals surface area contributed by atoms with Gasteiger partial charge in [0, 0.05) is 45.7 Å². The minimum Gasteiger partial charge on any atom is -0.491 e. The molecule has 0 spiro atoms. The maximum Gasteiger partial charge on any atom is 0.169 e. The van der Waals surface area contributed by atoms with Crippen LogP contribution < -0.4 is 4.74 Å². The number of Topliss-reactive ketones (excluding diaryl/α,β-unsaturated/α-hetero) is 1. The number of benzene rings is 2. The van der Waals surface area contributed by atoms with Crippen molar-refractivity contribution in [1.29, 1.82) is 0 Å². The van der Waals surface area contributed by atoms with Crippen LogP contribution >= 0.6 is 11.6 Å². The molecular weight excluding hydrogens is 345 g/mol. The van der Waals surface area contributed by atoms with Gasteiger partial charge in [-0.05, 0) is 30.7 Å². The highest BCUT2D eigenvalue weighted by Gasteiger charge is 2.17. The molecule has 0 saturated carbocycles. The molecule has 0 fully saturated rings. The zero-order chi connectivity index (χ0) is 18.0. The highest BCUT2D eigenvalue weighted by molar-refractivity contribution is 6.31. The number of aliphatic hydroxyl groups is 1. The molecule has 0 atom stereocenters. The number of hydrogen-bond acceptors (Lipinski definition) is 3. The number of aromatic amines is 1. The first-order valence-electron chi connectivity index (χ1n) is 7.82. The van der Waals surface area contributed by atoms with E-state index in [1.54, 1.807) is 12.3 Å². The molecule has 4 nitrogen and oxygen atoms in total. The van der Waals surface area contributed by atoms with Crippen molar-refractivity contribution >= 4 is 28.3 Å². The van der Waals surface area contributed by atoms with E-state index >= 15 is 0 Å². The molecular formula is C19H17ClFNO3. The van der Waals surface area contributed by atoms with E-state index in [9.17, 15) is 9.18 Å². The van der Waals surface area contributed by atoms with Crippen molar-refractivity contribution in [2.75, 3.05) is 13.2 Å². The number of H-pyrrole nitrogens is 1. The topological polar surface area (TPSA) is 62.3 Å². The quantitative estimate of drug-likeness (QED) is 0.651. The summed E-state index contributed by atoms with van der Waals surface area (Å²) in [4.78, 5) is 15.9. The number of aryl methyl sites for hydroxylation is 1. The molecule has 3 rings (SSSR count). The average molecular weight is 362 g/mol. The maximum absolute atomic E-state index is 13.4. The second-order valence-corrected chi connectivity index (χ2v) is 6.21. The van der Waals surface area contributed by atoms with E-state index in [0.29, 0.717) is 16.1 Å². The first-order valence-corrected chi connectivity index (χ1v) is 8.20. The Labute approximate surface area is 149 Å². The molecule has 0 saturated heterocycles. The van der Waals surface area contributed by atoms with Crippen LogP contribution in [0.25, 0.3) is 10.9 Å². The molecule has 0 aliphatic rings. The van der Waals surface area contributed by atoms with Gasteiger partial charge in [-0.25, -0.2) is 4.39 Å².